The Bertz CT molecular complexity index is 671. The second-order valence-corrected chi connectivity index (χ2v) is 5.59. The van der Waals surface area contributed by atoms with Gasteiger partial charge in [0.2, 0.25) is 5.91 Å². The minimum absolute atomic E-state index is 0.155. The predicted octanol–water partition coefficient (Wildman–Crippen LogP) is 3.94. The summed E-state index contributed by atoms with van der Waals surface area (Å²) in [6, 6.07) is 11.0. The summed E-state index contributed by atoms with van der Waals surface area (Å²) in [5.74, 6) is -0.155. The zero-order valence-electron chi connectivity index (χ0n) is 11.6. The molecule has 0 spiro atoms. The van der Waals surface area contributed by atoms with Crippen LogP contribution in [0.4, 0.5) is 5.69 Å². The van der Waals surface area contributed by atoms with Crippen LogP contribution < -0.4 is 11.1 Å². The van der Waals surface area contributed by atoms with Crippen molar-refractivity contribution in [3.8, 4) is 0 Å². The largest absolute Gasteiger partial charge is 0.326 e. The third-order valence-corrected chi connectivity index (χ3v) is 3.93. The number of hydrogen-bond acceptors (Lipinski definition) is 2. The highest BCUT2D eigenvalue weighted by molar-refractivity contribution is 6.36. The number of amides is 1. The lowest BCUT2D eigenvalue weighted by Crippen LogP contribution is -2.16. The van der Waals surface area contributed by atoms with E-state index in [0.717, 1.165) is 16.7 Å². The molecular formula is C16H16Cl2N2O. The van der Waals surface area contributed by atoms with Gasteiger partial charge in [-0.25, -0.2) is 0 Å². The van der Waals surface area contributed by atoms with Crippen molar-refractivity contribution in [1.82, 2.24) is 0 Å². The first kappa shape index (κ1) is 15.8. The third kappa shape index (κ3) is 3.97. The van der Waals surface area contributed by atoms with Crippen LogP contribution in [0.15, 0.2) is 36.4 Å². The first-order valence-corrected chi connectivity index (χ1v) is 7.29. The number of nitrogens with one attached hydrogen (secondary N) is 1. The molecule has 0 bridgehead atoms. The van der Waals surface area contributed by atoms with Crippen LogP contribution in [0, 0.1) is 6.92 Å². The summed E-state index contributed by atoms with van der Waals surface area (Å²) in [5.41, 5.74) is 8.92. The number of carbonyl (C=O) groups is 1. The third-order valence-electron chi connectivity index (χ3n) is 3.21. The van der Waals surface area contributed by atoms with Gasteiger partial charge in [0.1, 0.15) is 0 Å². The number of halogens is 2. The standard InChI is InChI=1S/C16H16Cl2N2O/c1-10-6-14(18)15(8-13(10)17)20-16(21)7-11-4-2-3-5-12(11)9-19/h2-6,8H,7,9,19H2,1H3,(H,20,21). The van der Waals surface area contributed by atoms with Crippen molar-refractivity contribution < 1.29 is 4.79 Å². The first-order chi connectivity index (χ1) is 10.0. The van der Waals surface area contributed by atoms with Gasteiger partial charge < -0.3 is 11.1 Å². The molecule has 0 atom stereocenters. The summed E-state index contributed by atoms with van der Waals surface area (Å²) in [6.45, 7) is 2.26. The van der Waals surface area contributed by atoms with Gasteiger partial charge in [0, 0.05) is 11.6 Å². The molecule has 5 heteroatoms. The van der Waals surface area contributed by atoms with E-state index in [1.807, 2.05) is 31.2 Å². The Hall–Kier alpha value is -1.55. The van der Waals surface area contributed by atoms with Crippen LogP contribution in [0.5, 0.6) is 0 Å². The van der Waals surface area contributed by atoms with Crippen molar-refractivity contribution in [2.24, 2.45) is 5.73 Å². The topological polar surface area (TPSA) is 55.1 Å². The fourth-order valence-corrected chi connectivity index (χ4v) is 2.47. The number of benzene rings is 2. The summed E-state index contributed by atoms with van der Waals surface area (Å²) < 4.78 is 0. The maximum absolute atomic E-state index is 12.1. The molecule has 0 aliphatic carbocycles. The van der Waals surface area contributed by atoms with Crippen LogP contribution in [0.1, 0.15) is 16.7 Å². The molecule has 0 heterocycles. The van der Waals surface area contributed by atoms with Gasteiger partial charge in [0.15, 0.2) is 0 Å². The maximum atomic E-state index is 12.1. The van der Waals surface area contributed by atoms with Gasteiger partial charge in [-0.05, 0) is 35.7 Å². The summed E-state index contributed by atoms with van der Waals surface area (Å²) >= 11 is 12.2. The fraction of sp³-hybridized carbons (Fsp3) is 0.188. The highest BCUT2D eigenvalue weighted by Crippen LogP contribution is 2.28. The van der Waals surface area contributed by atoms with E-state index in [-0.39, 0.29) is 12.3 Å². The zero-order valence-corrected chi connectivity index (χ0v) is 13.1. The highest BCUT2D eigenvalue weighted by atomic mass is 35.5. The monoisotopic (exact) mass is 322 g/mol. The number of carbonyl (C=O) groups excluding carboxylic acids is 1. The van der Waals surface area contributed by atoms with Gasteiger partial charge in [-0.1, -0.05) is 47.5 Å². The van der Waals surface area contributed by atoms with Crippen molar-refractivity contribution >= 4 is 34.8 Å². The smallest absolute Gasteiger partial charge is 0.228 e. The first-order valence-electron chi connectivity index (χ1n) is 6.53. The number of rotatable bonds is 4. The van der Waals surface area contributed by atoms with Gasteiger partial charge in [0.05, 0.1) is 17.1 Å². The van der Waals surface area contributed by atoms with Crippen molar-refractivity contribution in [2.75, 3.05) is 5.32 Å². The molecule has 3 N–H and O–H groups in total. The van der Waals surface area contributed by atoms with E-state index in [0.29, 0.717) is 22.3 Å². The normalized spacial score (nSPS) is 10.5. The van der Waals surface area contributed by atoms with Crippen LogP contribution in [-0.4, -0.2) is 5.91 Å². The summed E-state index contributed by atoms with van der Waals surface area (Å²) in [5, 5.41) is 3.82. The number of anilines is 1. The zero-order chi connectivity index (χ0) is 15.4. The fourth-order valence-electron chi connectivity index (χ4n) is 2.04. The molecule has 0 aliphatic rings. The van der Waals surface area contributed by atoms with E-state index in [1.54, 1.807) is 12.1 Å². The maximum Gasteiger partial charge on any atom is 0.228 e. The van der Waals surface area contributed by atoms with Crippen LogP contribution >= 0.6 is 23.2 Å². The minimum Gasteiger partial charge on any atom is -0.326 e. The van der Waals surface area contributed by atoms with Crippen molar-refractivity contribution in [3.63, 3.8) is 0 Å². The Balaban J connectivity index is 2.14. The van der Waals surface area contributed by atoms with Crippen molar-refractivity contribution in [3.05, 3.63) is 63.1 Å². The molecule has 0 fully saturated rings. The molecule has 21 heavy (non-hydrogen) atoms. The highest BCUT2D eigenvalue weighted by Gasteiger charge is 2.10. The quantitative estimate of drug-likeness (QED) is 0.895. The van der Waals surface area contributed by atoms with E-state index in [2.05, 4.69) is 5.32 Å². The average Bonchev–Trinajstić information content (AvgIpc) is 2.45. The summed E-state index contributed by atoms with van der Waals surface area (Å²) in [4.78, 5) is 12.1. The van der Waals surface area contributed by atoms with Crippen LogP contribution in [0.3, 0.4) is 0 Å². The Labute approximate surface area is 134 Å². The SMILES string of the molecule is Cc1cc(Cl)c(NC(=O)Cc2ccccc2CN)cc1Cl. The lowest BCUT2D eigenvalue weighted by Gasteiger charge is -2.11. The van der Waals surface area contributed by atoms with Crippen LogP contribution in [-0.2, 0) is 17.8 Å². The van der Waals surface area contributed by atoms with E-state index in [1.165, 1.54) is 0 Å². The average molecular weight is 323 g/mol. The Morgan fingerprint density at radius 1 is 1.14 bits per heavy atom. The van der Waals surface area contributed by atoms with Crippen molar-refractivity contribution in [2.45, 2.75) is 19.9 Å². The molecule has 110 valence electrons. The second-order valence-electron chi connectivity index (χ2n) is 4.78. The molecule has 2 aromatic carbocycles. The van der Waals surface area contributed by atoms with Crippen LogP contribution in [0.25, 0.3) is 0 Å². The van der Waals surface area contributed by atoms with Crippen molar-refractivity contribution in [1.29, 1.82) is 0 Å². The molecule has 2 rings (SSSR count). The predicted molar refractivity (Wildman–Crippen MR) is 87.9 cm³/mol. The molecule has 0 unspecified atom stereocenters. The van der Waals surface area contributed by atoms with Gasteiger partial charge in [-0.15, -0.1) is 0 Å². The molecule has 0 aromatic heterocycles. The van der Waals surface area contributed by atoms with Gasteiger partial charge >= 0.3 is 0 Å². The van der Waals surface area contributed by atoms with E-state index < -0.39 is 0 Å². The van der Waals surface area contributed by atoms with Crippen LogP contribution in [0.2, 0.25) is 10.0 Å². The minimum atomic E-state index is -0.155. The molecular weight excluding hydrogens is 307 g/mol. The number of nitrogens with two attached hydrogens (primary N) is 1. The van der Waals surface area contributed by atoms with E-state index >= 15 is 0 Å². The molecule has 0 saturated carbocycles. The Morgan fingerprint density at radius 3 is 2.48 bits per heavy atom. The van der Waals surface area contributed by atoms with E-state index in [4.69, 9.17) is 28.9 Å². The molecule has 0 aliphatic heterocycles. The van der Waals surface area contributed by atoms with Gasteiger partial charge in [-0.3, -0.25) is 4.79 Å². The Kier molecular flexibility index (Phi) is 5.23. The molecule has 2 aromatic rings. The lowest BCUT2D eigenvalue weighted by molar-refractivity contribution is -0.115. The summed E-state index contributed by atoms with van der Waals surface area (Å²) in [6.07, 6.45) is 0.245. The summed E-state index contributed by atoms with van der Waals surface area (Å²) in [7, 11) is 0. The number of hydrogen-bond donors (Lipinski definition) is 2. The molecule has 1 amide bonds. The Morgan fingerprint density at radius 2 is 1.81 bits per heavy atom. The molecule has 3 nitrogen and oxygen atoms in total. The van der Waals surface area contributed by atoms with Gasteiger partial charge in [-0.2, -0.15) is 0 Å². The lowest BCUT2D eigenvalue weighted by atomic mass is 10.0. The van der Waals surface area contributed by atoms with Gasteiger partial charge in [0.25, 0.3) is 0 Å². The van der Waals surface area contributed by atoms with E-state index in [9.17, 15) is 4.79 Å². The second kappa shape index (κ2) is 6.94. The molecule has 0 radical (unpaired) electrons. The number of aryl methyl sites for hydroxylation is 1. The molecule has 0 saturated heterocycles.